The first-order chi connectivity index (χ1) is 9.50. The Balaban J connectivity index is 7.05. The SMILES string of the molecule is C=P(C(F)(F)C(F)(F)F)(C(F)(F)C(F)(F)F)C(F)(F)C(F)(F)F. The molecule has 23 heavy (non-hydrogen) atoms. The summed E-state index contributed by atoms with van der Waals surface area (Å²) in [6, 6.07) is 0. The van der Waals surface area contributed by atoms with E-state index in [-0.39, 0.29) is 0 Å². The van der Waals surface area contributed by atoms with Crippen LogP contribution in [0.3, 0.4) is 0 Å². The number of rotatable bonds is 3. The van der Waals surface area contributed by atoms with Crippen molar-refractivity contribution in [3.63, 3.8) is 0 Å². The quantitative estimate of drug-likeness (QED) is 0.408. The molecule has 0 bridgehead atoms. The van der Waals surface area contributed by atoms with Gasteiger partial charge in [0, 0.05) is 0 Å². The molecule has 0 saturated carbocycles. The zero-order valence-electron chi connectivity index (χ0n) is 9.82. The lowest BCUT2D eigenvalue weighted by Gasteiger charge is -2.43. The fourth-order valence-corrected chi connectivity index (χ4v) is 3.53. The van der Waals surface area contributed by atoms with Gasteiger partial charge in [0.1, 0.15) is 6.89 Å². The van der Waals surface area contributed by atoms with Crippen molar-refractivity contribution >= 4 is 13.2 Å². The van der Waals surface area contributed by atoms with Crippen LogP contribution in [-0.2, 0) is 0 Å². The Morgan fingerprint density at radius 3 is 0.609 bits per heavy atom. The first-order valence-corrected chi connectivity index (χ1v) is 6.55. The summed E-state index contributed by atoms with van der Waals surface area (Å²) in [4.78, 5) is 0. The lowest BCUT2D eigenvalue weighted by molar-refractivity contribution is -0.284. The van der Waals surface area contributed by atoms with Gasteiger partial charge in [-0.25, -0.2) is 0 Å². The Morgan fingerprint density at radius 1 is 0.391 bits per heavy atom. The molecule has 16 heteroatoms. The second kappa shape index (κ2) is 5.12. The third-order valence-corrected chi connectivity index (χ3v) is 6.10. The van der Waals surface area contributed by atoms with Gasteiger partial charge in [0.05, 0.1) is 0 Å². The maximum Gasteiger partial charge on any atom is 0.457 e. The van der Waals surface area contributed by atoms with Gasteiger partial charge in [-0.15, -0.1) is 0 Å². The molecule has 0 aromatic heterocycles. The third-order valence-electron chi connectivity index (χ3n) is 2.46. The molecular formula is C7H2F15P. The van der Waals surface area contributed by atoms with Gasteiger partial charge >= 0.3 is 35.5 Å². The van der Waals surface area contributed by atoms with Crippen molar-refractivity contribution in [1.82, 2.24) is 0 Å². The van der Waals surface area contributed by atoms with Crippen LogP contribution < -0.4 is 0 Å². The van der Waals surface area contributed by atoms with Gasteiger partial charge in [-0.1, -0.05) is 6.30 Å². The van der Waals surface area contributed by atoms with E-state index in [0.717, 1.165) is 6.30 Å². The molecule has 0 aliphatic heterocycles. The number of hydrogen-bond donors (Lipinski definition) is 0. The van der Waals surface area contributed by atoms with E-state index in [1.807, 2.05) is 0 Å². The third kappa shape index (κ3) is 2.78. The first-order valence-electron chi connectivity index (χ1n) is 4.57. The van der Waals surface area contributed by atoms with Crippen LogP contribution >= 0.6 is 6.89 Å². The summed E-state index contributed by atoms with van der Waals surface area (Å²) >= 11 is 0. The molecule has 0 rings (SSSR count). The molecule has 0 amide bonds. The van der Waals surface area contributed by atoms with E-state index < -0.39 is 42.4 Å². The van der Waals surface area contributed by atoms with Gasteiger partial charge in [0.15, 0.2) is 0 Å². The fraction of sp³-hybridized carbons (Fsp3) is 0.857. The highest BCUT2D eigenvalue weighted by Crippen LogP contribution is 2.85. The molecule has 140 valence electrons. The molecule has 0 aliphatic carbocycles. The minimum atomic E-state index is -9.07. The normalized spacial score (nSPS) is 16.7. The fourth-order valence-electron chi connectivity index (χ4n) is 1.18. The van der Waals surface area contributed by atoms with Crippen LogP contribution in [0.25, 0.3) is 0 Å². The summed E-state index contributed by atoms with van der Waals surface area (Å²) in [5.74, 6) is 0. The molecule has 0 atom stereocenters. The maximum absolute atomic E-state index is 12.9. The van der Waals surface area contributed by atoms with E-state index in [4.69, 9.17) is 0 Å². The average Bonchev–Trinajstić information content (AvgIpc) is 2.22. The Morgan fingerprint density at radius 2 is 0.522 bits per heavy atom. The number of halogens is 15. The van der Waals surface area contributed by atoms with Crippen molar-refractivity contribution in [2.45, 2.75) is 35.5 Å². The van der Waals surface area contributed by atoms with Crippen molar-refractivity contribution in [2.24, 2.45) is 0 Å². The minimum absolute atomic E-state index is 0.785. The summed E-state index contributed by atoms with van der Waals surface area (Å²) in [6.45, 7) is -9.07. The Labute approximate surface area is 116 Å². The van der Waals surface area contributed by atoms with Gasteiger partial charge in [-0.2, -0.15) is 65.9 Å². The monoisotopic (exact) mass is 402 g/mol. The van der Waals surface area contributed by atoms with Crippen LogP contribution in [0.5, 0.6) is 0 Å². The zero-order chi connectivity index (χ0) is 19.5. The summed E-state index contributed by atoms with van der Waals surface area (Å²) in [5.41, 5.74) is -23.3. The van der Waals surface area contributed by atoms with E-state index in [9.17, 15) is 65.9 Å². The molecule has 0 aromatic carbocycles. The van der Waals surface area contributed by atoms with Gasteiger partial charge in [0.2, 0.25) is 0 Å². The van der Waals surface area contributed by atoms with Crippen LogP contribution in [-0.4, -0.2) is 41.8 Å². The molecule has 0 radical (unpaired) electrons. The molecule has 0 unspecified atom stereocenters. The summed E-state index contributed by atoms with van der Waals surface area (Å²) in [6.07, 6.45) is -21.9. The molecular weight excluding hydrogens is 400 g/mol. The van der Waals surface area contributed by atoms with Gasteiger partial charge in [0.25, 0.3) is 0 Å². The summed E-state index contributed by atoms with van der Waals surface area (Å²) in [5, 5.41) is 0. The highest BCUT2D eigenvalue weighted by Gasteiger charge is 2.89. The van der Waals surface area contributed by atoms with Crippen molar-refractivity contribution in [3.8, 4) is 0 Å². The van der Waals surface area contributed by atoms with E-state index in [1.165, 1.54) is 0 Å². The molecule has 0 N–H and O–H groups in total. The second-order valence-electron chi connectivity index (χ2n) is 3.93. The van der Waals surface area contributed by atoms with Crippen molar-refractivity contribution < 1.29 is 65.9 Å². The zero-order valence-corrected chi connectivity index (χ0v) is 10.7. The largest absolute Gasteiger partial charge is 0.457 e. The van der Waals surface area contributed by atoms with Crippen LogP contribution in [0.1, 0.15) is 0 Å². The van der Waals surface area contributed by atoms with Gasteiger partial charge in [-0.3, -0.25) is 0 Å². The highest BCUT2D eigenvalue weighted by molar-refractivity contribution is 7.77. The minimum Gasteiger partial charge on any atom is -0.191 e. The van der Waals surface area contributed by atoms with Crippen molar-refractivity contribution in [3.05, 3.63) is 0 Å². The summed E-state index contributed by atoms with van der Waals surface area (Å²) in [7, 11) is 0. The predicted octanol–water partition coefficient (Wildman–Crippen LogP) is 5.90. The number of hydrogen-bond acceptors (Lipinski definition) is 0. The van der Waals surface area contributed by atoms with Crippen LogP contribution in [0.4, 0.5) is 65.9 Å². The molecule has 0 aliphatic rings. The Hall–Kier alpha value is -0.750. The van der Waals surface area contributed by atoms with Crippen LogP contribution in [0.2, 0.25) is 0 Å². The molecule has 0 heterocycles. The smallest absolute Gasteiger partial charge is 0.191 e. The average molecular weight is 402 g/mol. The van der Waals surface area contributed by atoms with Crippen molar-refractivity contribution in [2.75, 3.05) is 0 Å². The molecule has 0 spiro atoms. The Bertz CT molecular complexity index is 416. The maximum atomic E-state index is 12.9. The van der Waals surface area contributed by atoms with Gasteiger partial charge in [-0.05, 0) is 0 Å². The van der Waals surface area contributed by atoms with Crippen molar-refractivity contribution in [1.29, 1.82) is 0 Å². The van der Waals surface area contributed by atoms with E-state index in [0.29, 0.717) is 0 Å². The summed E-state index contributed by atoms with van der Waals surface area (Å²) < 4.78 is 186. The molecule has 0 fully saturated rings. The lowest BCUT2D eigenvalue weighted by Crippen LogP contribution is -2.56. The lowest BCUT2D eigenvalue weighted by atomic mass is 10.6. The molecule has 0 saturated heterocycles. The highest BCUT2D eigenvalue weighted by atomic mass is 31.2. The molecule has 0 aromatic rings. The van der Waals surface area contributed by atoms with E-state index >= 15 is 0 Å². The standard InChI is InChI=1S/C7H2F15P/c1-23(5(17,18)2(8,9)10,6(19,20)3(11,12)13)7(21,22)4(14,15)16/h1H2. The molecule has 0 nitrogen and oxygen atoms in total. The van der Waals surface area contributed by atoms with Crippen LogP contribution in [0, 0.1) is 0 Å². The van der Waals surface area contributed by atoms with E-state index in [2.05, 4.69) is 0 Å². The second-order valence-corrected chi connectivity index (χ2v) is 7.23. The predicted molar refractivity (Wildman–Crippen MR) is 47.0 cm³/mol. The Kier molecular flexibility index (Phi) is 4.95. The topological polar surface area (TPSA) is 0 Å². The number of alkyl halides is 15. The van der Waals surface area contributed by atoms with Gasteiger partial charge < -0.3 is 0 Å². The van der Waals surface area contributed by atoms with E-state index in [1.54, 1.807) is 0 Å². The van der Waals surface area contributed by atoms with Crippen LogP contribution in [0.15, 0.2) is 0 Å². The first kappa shape index (κ1) is 22.2.